The first-order valence-electron chi connectivity index (χ1n) is 5.62. The Morgan fingerprint density at radius 2 is 2.06 bits per heavy atom. The quantitative estimate of drug-likeness (QED) is 0.845. The van der Waals surface area contributed by atoms with Gasteiger partial charge in [0.1, 0.15) is 0 Å². The highest BCUT2D eigenvalue weighted by molar-refractivity contribution is 5.87. The molecule has 1 aromatic rings. The second kappa shape index (κ2) is 5.12. The van der Waals surface area contributed by atoms with Crippen molar-refractivity contribution in [2.75, 3.05) is 13.1 Å². The van der Waals surface area contributed by atoms with Crippen molar-refractivity contribution in [2.45, 2.75) is 19.4 Å². The average Bonchev–Trinajstić information content (AvgIpc) is 2.30. The lowest BCUT2D eigenvalue weighted by molar-refractivity contribution is 0.0696. The van der Waals surface area contributed by atoms with Crippen molar-refractivity contribution >= 4 is 5.97 Å². The first-order valence-corrected chi connectivity index (χ1v) is 5.62. The third kappa shape index (κ3) is 2.83. The molecule has 1 N–H and O–H groups in total. The van der Waals surface area contributed by atoms with Gasteiger partial charge in [-0.25, -0.2) is 4.79 Å². The molecule has 0 bridgehead atoms. The topological polar surface area (TPSA) is 40.5 Å². The highest BCUT2D eigenvalue weighted by atomic mass is 16.4. The van der Waals surface area contributed by atoms with E-state index in [0.29, 0.717) is 5.56 Å². The number of hydrogen-bond donors (Lipinski definition) is 1. The van der Waals surface area contributed by atoms with E-state index in [0.717, 1.165) is 38.0 Å². The smallest absolute Gasteiger partial charge is 0.335 e. The summed E-state index contributed by atoms with van der Waals surface area (Å²) in [5, 5.41) is 8.90. The molecule has 0 amide bonds. The molecule has 1 fully saturated rings. The van der Waals surface area contributed by atoms with Gasteiger partial charge in [0.05, 0.1) is 5.56 Å². The van der Waals surface area contributed by atoms with E-state index in [4.69, 9.17) is 5.11 Å². The van der Waals surface area contributed by atoms with Gasteiger partial charge in [-0.3, -0.25) is 4.90 Å². The number of aromatic carboxylic acids is 1. The highest BCUT2D eigenvalue weighted by Crippen LogP contribution is 2.13. The number of likely N-dealkylation sites (tertiary alicyclic amines) is 1. The van der Waals surface area contributed by atoms with Crippen molar-refractivity contribution in [1.82, 2.24) is 4.90 Å². The molecule has 16 heavy (non-hydrogen) atoms. The number of rotatable bonds is 3. The first kappa shape index (κ1) is 11.1. The van der Waals surface area contributed by atoms with Crippen LogP contribution in [0.25, 0.3) is 0 Å². The summed E-state index contributed by atoms with van der Waals surface area (Å²) in [4.78, 5) is 13.2. The van der Waals surface area contributed by atoms with E-state index < -0.39 is 5.97 Å². The number of benzene rings is 1. The van der Waals surface area contributed by atoms with Crippen molar-refractivity contribution in [1.29, 1.82) is 0 Å². The van der Waals surface area contributed by atoms with Crippen LogP contribution in [-0.4, -0.2) is 29.1 Å². The number of piperidine rings is 1. The van der Waals surface area contributed by atoms with E-state index in [2.05, 4.69) is 11.3 Å². The van der Waals surface area contributed by atoms with E-state index in [1.54, 1.807) is 12.1 Å². The fraction of sp³-hybridized carbons (Fsp3) is 0.385. The van der Waals surface area contributed by atoms with Crippen LogP contribution < -0.4 is 0 Å². The summed E-state index contributed by atoms with van der Waals surface area (Å²) in [6.45, 7) is 3.02. The summed E-state index contributed by atoms with van der Waals surface area (Å²) in [6, 6.07) is 7.20. The Balaban J connectivity index is 2.02. The minimum Gasteiger partial charge on any atom is -0.478 e. The fourth-order valence-corrected chi connectivity index (χ4v) is 2.02. The summed E-state index contributed by atoms with van der Waals surface area (Å²) in [5.41, 5.74) is 1.46. The average molecular weight is 218 g/mol. The molecule has 0 spiro atoms. The van der Waals surface area contributed by atoms with Gasteiger partial charge in [-0.1, -0.05) is 12.1 Å². The van der Waals surface area contributed by atoms with Gasteiger partial charge < -0.3 is 5.11 Å². The molecule has 0 aromatic heterocycles. The van der Waals surface area contributed by atoms with E-state index >= 15 is 0 Å². The van der Waals surface area contributed by atoms with Gasteiger partial charge in [0.25, 0.3) is 0 Å². The van der Waals surface area contributed by atoms with E-state index in [-0.39, 0.29) is 0 Å². The maximum absolute atomic E-state index is 10.8. The molecule has 1 saturated heterocycles. The lowest BCUT2D eigenvalue weighted by Gasteiger charge is -2.26. The van der Waals surface area contributed by atoms with Crippen LogP contribution >= 0.6 is 0 Å². The van der Waals surface area contributed by atoms with E-state index in [1.165, 1.54) is 0 Å². The van der Waals surface area contributed by atoms with Crippen LogP contribution in [-0.2, 0) is 6.54 Å². The molecule has 85 valence electrons. The molecule has 3 nitrogen and oxygen atoms in total. The van der Waals surface area contributed by atoms with Crippen LogP contribution in [0.4, 0.5) is 0 Å². The second-order valence-electron chi connectivity index (χ2n) is 4.15. The van der Waals surface area contributed by atoms with Crippen molar-refractivity contribution in [3.63, 3.8) is 0 Å². The molecule has 1 radical (unpaired) electrons. The summed E-state index contributed by atoms with van der Waals surface area (Å²) in [7, 11) is 0. The molecule has 0 aliphatic carbocycles. The van der Waals surface area contributed by atoms with E-state index in [9.17, 15) is 4.79 Å². The third-order valence-electron chi connectivity index (χ3n) is 2.88. The van der Waals surface area contributed by atoms with Gasteiger partial charge in [-0.2, -0.15) is 0 Å². The summed E-state index contributed by atoms with van der Waals surface area (Å²) in [5.74, 6) is -0.853. The van der Waals surface area contributed by atoms with Crippen LogP contribution in [0.5, 0.6) is 0 Å². The van der Waals surface area contributed by atoms with Crippen molar-refractivity contribution in [2.24, 2.45) is 0 Å². The van der Waals surface area contributed by atoms with Crippen LogP contribution in [0.1, 0.15) is 28.8 Å². The molecule has 3 heteroatoms. The summed E-state index contributed by atoms with van der Waals surface area (Å²) < 4.78 is 0. The third-order valence-corrected chi connectivity index (χ3v) is 2.88. The first-order chi connectivity index (χ1) is 7.75. The van der Waals surface area contributed by atoms with Gasteiger partial charge in [0, 0.05) is 6.54 Å². The van der Waals surface area contributed by atoms with Crippen LogP contribution in [0.15, 0.2) is 24.3 Å². The van der Waals surface area contributed by atoms with Crippen molar-refractivity contribution < 1.29 is 9.90 Å². The fourth-order valence-electron chi connectivity index (χ4n) is 2.02. The monoisotopic (exact) mass is 218 g/mol. The second-order valence-corrected chi connectivity index (χ2v) is 4.15. The zero-order chi connectivity index (χ0) is 11.4. The van der Waals surface area contributed by atoms with Gasteiger partial charge in [-0.05, 0) is 50.0 Å². The maximum Gasteiger partial charge on any atom is 0.335 e. The van der Waals surface area contributed by atoms with Gasteiger partial charge >= 0.3 is 5.97 Å². The molecular formula is C13H16NO2. The number of carbonyl (C=O) groups is 1. The lowest BCUT2D eigenvalue weighted by atomic mass is 10.1. The zero-order valence-corrected chi connectivity index (χ0v) is 9.22. The SMILES string of the molecule is O=C(O)c1cccc(CN2CC[CH]CC2)c1. The normalized spacial score (nSPS) is 17.2. The molecule has 0 saturated carbocycles. The number of hydrogen-bond acceptors (Lipinski definition) is 2. The minimum absolute atomic E-state index is 0.376. The Morgan fingerprint density at radius 3 is 2.75 bits per heavy atom. The van der Waals surface area contributed by atoms with Crippen molar-refractivity contribution in [3.05, 3.63) is 41.8 Å². The van der Waals surface area contributed by atoms with E-state index in [1.807, 2.05) is 12.1 Å². The number of nitrogens with zero attached hydrogens (tertiary/aromatic N) is 1. The Morgan fingerprint density at radius 1 is 1.31 bits per heavy atom. The molecule has 1 aromatic carbocycles. The lowest BCUT2D eigenvalue weighted by Crippen LogP contribution is -2.29. The predicted octanol–water partition coefficient (Wildman–Crippen LogP) is 2.18. The van der Waals surface area contributed by atoms with Crippen LogP contribution in [0, 0.1) is 6.42 Å². The number of carboxylic acids is 1. The van der Waals surface area contributed by atoms with Crippen LogP contribution in [0.2, 0.25) is 0 Å². The van der Waals surface area contributed by atoms with Gasteiger partial charge in [0.15, 0.2) is 0 Å². The molecule has 1 aliphatic rings. The number of carboxylic acid groups (broad SMARTS) is 1. The van der Waals surface area contributed by atoms with Crippen molar-refractivity contribution in [3.8, 4) is 0 Å². The highest BCUT2D eigenvalue weighted by Gasteiger charge is 2.11. The standard InChI is InChI=1S/C13H16NO2/c15-13(16)12-6-4-5-11(9-12)10-14-7-2-1-3-8-14/h1,4-6,9H,2-3,7-8,10H2,(H,15,16). The molecule has 2 rings (SSSR count). The Bertz CT molecular complexity index is 370. The minimum atomic E-state index is -0.853. The summed E-state index contributed by atoms with van der Waals surface area (Å²) >= 11 is 0. The maximum atomic E-state index is 10.8. The van der Waals surface area contributed by atoms with Gasteiger partial charge in [-0.15, -0.1) is 0 Å². The van der Waals surface area contributed by atoms with Crippen LogP contribution in [0.3, 0.4) is 0 Å². The molecule has 1 heterocycles. The Labute approximate surface area is 95.7 Å². The molecular weight excluding hydrogens is 202 g/mol. The molecule has 0 atom stereocenters. The Hall–Kier alpha value is -1.35. The Kier molecular flexibility index (Phi) is 3.57. The molecule has 1 aliphatic heterocycles. The molecule has 0 unspecified atom stereocenters. The summed E-state index contributed by atoms with van der Waals surface area (Å²) in [6.07, 6.45) is 4.58. The van der Waals surface area contributed by atoms with Gasteiger partial charge in [0.2, 0.25) is 0 Å². The largest absolute Gasteiger partial charge is 0.478 e. The zero-order valence-electron chi connectivity index (χ0n) is 9.22. The predicted molar refractivity (Wildman–Crippen MR) is 62.2 cm³/mol.